The van der Waals surface area contributed by atoms with Crippen molar-refractivity contribution in [3.8, 4) is 0 Å². The maximum atomic E-state index is 13.8. The molecule has 0 spiro atoms. The molecule has 0 bridgehead atoms. The van der Waals surface area contributed by atoms with Crippen LogP contribution in [-0.2, 0) is 0 Å². The third-order valence-electron chi connectivity index (χ3n) is 3.65. The van der Waals surface area contributed by atoms with Gasteiger partial charge in [-0.2, -0.15) is 0 Å². The number of nitrogens with zero attached hydrogens (tertiary/aromatic N) is 2. The van der Waals surface area contributed by atoms with Gasteiger partial charge in [-0.25, -0.2) is 9.37 Å². The lowest BCUT2D eigenvalue weighted by Crippen LogP contribution is -2.10. The Morgan fingerprint density at radius 3 is 2.94 bits per heavy atom. The zero-order valence-corrected chi connectivity index (χ0v) is 10.6. The Bertz CT molecular complexity index is 572. The van der Waals surface area contributed by atoms with Crippen LogP contribution in [0.5, 0.6) is 0 Å². The molecule has 2 aromatic rings. The van der Waals surface area contributed by atoms with Gasteiger partial charge in [0.15, 0.2) is 5.82 Å². The van der Waals surface area contributed by atoms with E-state index >= 15 is 0 Å². The minimum absolute atomic E-state index is 0.229. The molecule has 0 aliphatic heterocycles. The second-order valence-corrected chi connectivity index (χ2v) is 5.16. The van der Waals surface area contributed by atoms with Gasteiger partial charge in [-0.1, -0.05) is 13.0 Å². The van der Waals surface area contributed by atoms with E-state index in [1.807, 2.05) is 6.07 Å². The number of para-hydroxylation sites is 1. The van der Waals surface area contributed by atoms with Crippen LogP contribution in [0.3, 0.4) is 0 Å². The minimum atomic E-state index is -0.229. The molecule has 18 heavy (non-hydrogen) atoms. The van der Waals surface area contributed by atoms with Gasteiger partial charge in [0.1, 0.15) is 11.3 Å². The Morgan fingerprint density at radius 1 is 1.50 bits per heavy atom. The molecule has 3 rings (SSSR count). The Morgan fingerprint density at radius 2 is 2.28 bits per heavy atom. The van der Waals surface area contributed by atoms with Crippen molar-refractivity contribution in [2.45, 2.75) is 38.1 Å². The van der Waals surface area contributed by atoms with E-state index in [0.717, 1.165) is 17.8 Å². The molecule has 1 saturated carbocycles. The molecule has 0 saturated heterocycles. The Labute approximate surface area is 106 Å². The first-order valence-electron chi connectivity index (χ1n) is 6.58. The highest BCUT2D eigenvalue weighted by Gasteiger charge is 2.30. The number of nitrogens with two attached hydrogens (primary N) is 1. The molecule has 3 nitrogen and oxygen atoms in total. The van der Waals surface area contributed by atoms with Crippen molar-refractivity contribution in [1.82, 2.24) is 9.55 Å². The van der Waals surface area contributed by atoms with Gasteiger partial charge in [-0.3, -0.25) is 0 Å². The Kier molecular flexibility index (Phi) is 2.82. The van der Waals surface area contributed by atoms with Gasteiger partial charge in [-0.05, 0) is 37.9 Å². The van der Waals surface area contributed by atoms with Crippen LogP contribution in [0, 0.1) is 5.82 Å². The molecule has 0 radical (unpaired) electrons. The zero-order chi connectivity index (χ0) is 12.7. The van der Waals surface area contributed by atoms with E-state index in [0.29, 0.717) is 18.1 Å². The predicted octanol–water partition coefficient (Wildman–Crippen LogP) is 2.96. The van der Waals surface area contributed by atoms with E-state index in [9.17, 15) is 4.39 Å². The molecular formula is C14H18FN3. The molecule has 1 aromatic heterocycles. The van der Waals surface area contributed by atoms with Crippen molar-refractivity contribution in [3.63, 3.8) is 0 Å². The smallest absolute Gasteiger partial charge is 0.151 e. The van der Waals surface area contributed by atoms with Gasteiger partial charge in [-0.15, -0.1) is 0 Å². The lowest BCUT2D eigenvalue weighted by molar-refractivity contribution is 0.592. The van der Waals surface area contributed by atoms with E-state index < -0.39 is 0 Å². The topological polar surface area (TPSA) is 43.8 Å². The van der Waals surface area contributed by atoms with Crippen LogP contribution in [0.4, 0.5) is 4.39 Å². The average Bonchev–Trinajstić information content (AvgIpc) is 3.10. The summed E-state index contributed by atoms with van der Waals surface area (Å²) in [6.45, 7) is 2.75. The average molecular weight is 247 g/mol. The third-order valence-corrected chi connectivity index (χ3v) is 3.65. The molecule has 1 aliphatic carbocycles. The van der Waals surface area contributed by atoms with Crippen molar-refractivity contribution in [2.75, 3.05) is 6.54 Å². The first kappa shape index (κ1) is 11.7. The molecule has 4 heteroatoms. The van der Waals surface area contributed by atoms with Crippen molar-refractivity contribution >= 4 is 11.0 Å². The van der Waals surface area contributed by atoms with Crippen molar-refractivity contribution in [1.29, 1.82) is 0 Å². The summed E-state index contributed by atoms with van der Waals surface area (Å²) in [5.74, 6) is 1.04. The maximum absolute atomic E-state index is 13.8. The fraction of sp³-hybridized carbons (Fsp3) is 0.500. The van der Waals surface area contributed by atoms with Gasteiger partial charge in [0.2, 0.25) is 0 Å². The van der Waals surface area contributed by atoms with Gasteiger partial charge in [0.05, 0.1) is 5.52 Å². The van der Waals surface area contributed by atoms with Gasteiger partial charge in [0, 0.05) is 12.0 Å². The largest absolute Gasteiger partial charge is 0.330 e. The highest BCUT2D eigenvalue weighted by molar-refractivity contribution is 5.77. The van der Waals surface area contributed by atoms with Crippen LogP contribution in [-0.4, -0.2) is 16.1 Å². The zero-order valence-electron chi connectivity index (χ0n) is 10.6. The fourth-order valence-electron chi connectivity index (χ4n) is 2.54. The summed E-state index contributed by atoms with van der Waals surface area (Å²) >= 11 is 0. The minimum Gasteiger partial charge on any atom is -0.330 e. The summed E-state index contributed by atoms with van der Waals surface area (Å²) in [6, 6.07) is 5.70. The van der Waals surface area contributed by atoms with E-state index in [2.05, 4.69) is 16.5 Å². The SMILES string of the molecule is CC(CCN)c1nc2c(F)cccc2n1C1CC1. The first-order chi connectivity index (χ1) is 8.72. The second kappa shape index (κ2) is 4.35. The van der Waals surface area contributed by atoms with Crippen LogP contribution >= 0.6 is 0 Å². The van der Waals surface area contributed by atoms with Crippen LogP contribution < -0.4 is 5.73 Å². The monoisotopic (exact) mass is 247 g/mol. The van der Waals surface area contributed by atoms with Crippen molar-refractivity contribution in [2.24, 2.45) is 5.73 Å². The first-order valence-corrected chi connectivity index (χ1v) is 6.58. The summed E-state index contributed by atoms with van der Waals surface area (Å²) in [5.41, 5.74) is 7.05. The summed E-state index contributed by atoms with van der Waals surface area (Å²) < 4.78 is 16.0. The van der Waals surface area contributed by atoms with Crippen LogP contribution in [0.15, 0.2) is 18.2 Å². The lowest BCUT2D eigenvalue weighted by Gasteiger charge is -2.13. The molecule has 96 valence electrons. The molecule has 1 unspecified atom stereocenters. The Balaban J connectivity index is 2.17. The van der Waals surface area contributed by atoms with Crippen molar-refractivity contribution < 1.29 is 4.39 Å². The standard InChI is InChI=1S/C14H18FN3/c1-9(7-8-16)14-17-13-11(15)3-2-4-12(13)18(14)10-5-6-10/h2-4,9-10H,5-8,16H2,1H3. The highest BCUT2D eigenvalue weighted by atomic mass is 19.1. The second-order valence-electron chi connectivity index (χ2n) is 5.16. The predicted molar refractivity (Wildman–Crippen MR) is 70.0 cm³/mol. The molecular weight excluding hydrogens is 229 g/mol. The van der Waals surface area contributed by atoms with Crippen molar-refractivity contribution in [3.05, 3.63) is 29.8 Å². The number of rotatable bonds is 4. The highest BCUT2D eigenvalue weighted by Crippen LogP contribution is 2.40. The molecule has 1 fully saturated rings. The van der Waals surface area contributed by atoms with Crippen LogP contribution in [0.1, 0.15) is 44.0 Å². The summed E-state index contributed by atoms with van der Waals surface area (Å²) in [6.07, 6.45) is 3.23. The number of hydrogen-bond donors (Lipinski definition) is 1. The number of aromatic nitrogens is 2. The quantitative estimate of drug-likeness (QED) is 0.902. The number of benzene rings is 1. The van der Waals surface area contributed by atoms with Gasteiger partial charge >= 0.3 is 0 Å². The van der Waals surface area contributed by atoms with E-state index in [4.69, 9.17) is 5.73 Å². The van der Waals surface area contributed by atoms with Crippen LogP contribution in [0.2, 0.25) is 0 Å². The summed E-state index contributed by atoms with van der Waals surface area (Å²) in [7, 11) is 0. The van der Waals surface area contributed by atoms with Gasteiger partial charge < -0.3 is 10.3 Å². The van der Waals surface area contributed by atoms with E-state index in [1.165, 1.54) is 18.9 Å². The molecule has 2 N–H and O–H groups in total. The summed E-state index contributed by atoms with van der Waals surface area (Å²) in [4.78, 5) is 4.52. The number of halogens is 1. The fourth-order valence-corrected chi connectivity index (χ4v) is 2.54. The van der Waals surface area contributed by atoms with E-state index in [1.54, 1.807) is 6.07 Å². The molecule has 1 atom stereocenters. The number of hydrogen-bond acceptors (Lipinski definition) is 2. The Hall–Kier alpha value is -1.42. The normalized spacial score (nSPS) is 17.3. The summed E-state index contributed by atoms with van der Waals surface area (Å²) in [5, 5.41) is 0. The lowest BCUT2D eigenvalue weighted by atomic mass is 10.1. The molecule has 1 aliphatic rings. The number of fused-ring (bicyclic) bond motifs is 1. The van der Waals surface area contributed by atoms with Gasteiger partial charge in [0.25, 0.3) is 0 Å². The number of imidazole rings is 1. The molecule has 1 aromatic carbocycles. The van der Waals surface area contributed by atoms with E-state index in [-0.39, 0.29) is 11.7 Å². The molecule has 1 heterocycles. The van der Waals surface area contributed by atoms with Crippen LogP contribution in [0.25, 0.3) is 11.0 Å². The third kappa shape index (κ3) is 1.81. The molecule has 0 amide bonds. The maximum Gasteiger partial charge on any atom is 0.151 e.